The first-order chi connectivity index (χ1) is 18.5. The third-order valence-electron chi connectivity index (χ3n) is 7.10. The molecule has 0 saturated carbocycles. The summed E-state index contributed by atoms with van der Waals surface area (Å²) in [6.45, 7) is 2.64. The summed E-state index contributed by atoms with van der Waals surface area (Å²) >= 11 is 0. The number of halogens is 3. The number of anilines is 1. The summed E-state index contributed by atoms with van der Waals surface area (Å²) in [4.78, 5) is 14.8. The molecule has 0 bridgehead atoms. The molecule has 2 unspecified atom stereocenters. The van der Waals surface area contributed by atoms with Crippen molar-refractivity contribution in [1.82, 2.24) is 4.90 Å². The van der Waals surface area contributed by atoms with Crippen molar-refractivity contribution in [3.05, 3.63) is 95.1 Å². The van der Waals surface area contributed by atoms with Crippen LogP contribution in [0, 0.1) is 0 Å². The van der Waals surface area contributed by atoms with Gasteiger partial charge in [-0.15, -0.1) is 0 Å². The molecule has 0 radical (unpaired) electrons. The fraction of sp³-hybridized carbons (Fsp3) is 0.345. The van der Waals surface area contributed by atoms with E-state index in [9.17, 15) is 31.5 Å². The summed E-state index contributed by atoms with van der Waals surface area (Å²) in [7, 11) is -3.29. The number of nitrogens with one attached hydrogen (secondary N) is 1. The monoisotopic (exact) mass is 560 g/mol. The zero-order valence-electron chi connectivity index (χ0n) is 21.5. The molecule has 3 aromatic carbocycles. The molecule has 1 aliphatic rings. The maximum atomic E-state index is 12.9. The Kier molecular flexibility index (Phi) is 8.78. The normalized spacial score (nSPS) is 18.3. The molecule has 0 spiro atoms. The molecule has 1 saturated heterocycles. The number of aliphatic hydroxyl groups excluding tert-OH is 1. The molecule has 1 aliphatic heterocycles. The van der Waals surface area contributed by atoms with Crippen molar-refractivity contribution in [3.8, 4) is 0 Å². The summed E-state index contributed by atoms with van der Waals surface area (Å²) in [6, 6.07) is 18.8. The average Bonchev–Trinajstić information content (AvgIpc) is 3.32. The summed E-state index contributed by atoms with van der Waals surface area (Å²) in [5, 5.41) is 12.7. The van der Waals surface area contributed by atoms with E-state index in [0.717, 1.165) is 23.3 Å². The second-order valence-corrected chi connectivity index (χ2v) is 12.1. The predicted octanol–water partition coefficient (Wildman–Crippen LogP) is 5.03. The lowest BCUT2D eigenvalue weighted by atomic mass is 9.96. The van der Waals surface area contributed by atoms with Crippen LogP contribution < -0.4 is 5.32 Å². The van der Waals surface area contributed by atoms with E-state index >= 15 is 0 Å². The summed E-state index contributed by atoms with van der Waals surface area (Å²) < 4.78 is 62.4. The molecular formula is C29H31F3N2O4S. The Hall–Kier alpha value is -3.21. The van der Waals surface area contributed by atoms with E-state index in [1.54, 1.807) is 19.1 Å². The van der Waals surface area contributed by atoms with Crippen molar-refractivity contribution in [3.63, 3.8) is 0 Å². The van der Waals surface area contributed by atoms with Crippen molar-refractivity contribution in [2.45, 2.75) is 49.3 Å². The van der Waals surface area contributed by atoms with Crippen LogP contribution >= 0.6 is 0 Å². The van der Waals surface area contributed by atoms with E-state index in [2.05, 4.69) is 10.2 Å². The van der Waals surface area contributed by atoms with Crippen LogP contribution in [0.4, 0.5) is 18.9 Å². The molecule has 0 aromatic heterocycles. The predicted molar refractivity (Wildman–Crippen MR) is 143 cm³/mol. The molecule has 2 atom stereocenters. The SMILES string of the molecule is CCS(=O)(=O)c1ccc(CC(=O)Nc2ccc(C3CC(CO)N(Cc4ccc(C(F)(F)F)cc4)C3)cc2)cc1. The molecular weight excluding hydrogens is 529 g/mol. The average molecular weight is 561 g/mol. The van der Waals surface area contributed by atoms with Crippen molar-refractivity contribution in [2.75, 3.05) is 24.2 Å². The van der Waals surface area contributed by atoms with Gasteiger partial charge >= 0.3 is 6.18 Å². The molecule has 2 N–H and O–H groups in total. The van der Waals surface area contributed by atoms with Crippen LogP contribution in [0.25, 0.3) is 0 Å². The van der Waals surface area contributed by atoms with Gasteiger partial charge in [0.1, 0.15) is 0 Å². The first-order valence-electron chi connectivity index (χ1n) is 12.7. The highest BCUT2D eigenvalue weighted by molar-refractivity contribution is 7.91. The van der Waals surface area contributed by atoms with Crippen LogP contribution in [0.2, 0.25) is 0 Å². The van der Waals surface area contributed by atoms with Gasteiger partial charge in [-0.2, -0.15) is 13.2 Å². The number of sulfone groups is 1. The number of rotatable bonds is 9. The van der Waals surface area contributed by atoms with Gasteiger partial charge in [0.2, 0.25) is 5.91 Å². The van der Waals surface area contributed by atoms with E-state index in [1.807, 2.05) is 24.3 Å². The number of carbonyl (C=O) groups is 1. The first-order valence-corrected chi connectivity index (χ1v) is 14.4. The van der Waals surface area contributed by atoms with E-state index < -0.39 is 21.6 Å². The van der Waals surface area contributed by atoms with Crippen LogP contribution in [-0.2, 0) is 33.8 Å². The van der Waals surface area contributed by atoms with Gasteiger partial charge in [-0.25, -0.2) is 8.42 Å². The van der Waals surface area contributed by atoms with Gasteiger partial charge in [0.25, 0.3) is 0 Å². The number of benzene rings is 3. The minimum Gasteiger partial charge on any atom is -0.395 e. The van der Waals surface area contributed by atoms with Gasteiger partial charge in [-0.1, -0.05) is 43.3 Å². The Morgan fingerprint density at radius 1 is 0.974 bits per heavy atom. The van der Waals surface area contributed by atoms with E-state index in [0.29, 0.717) is 30.8 Å². The van der Waals surface area contributed by atoms with Crippen molar-refractivity contribution in [1.29, 1.82) is 0 Å². The third kappa shape index (κ3) is 7.26. The molecule has 6 nitrogen and oxygen atoms in total. The zero-order chi connectivity index (χ0) is 28.2. The maximum Gasteiger partial charge on any atom is 0.416 e. The Labute approximate surface area is 226 Å². The van der Waals surface area contributed by atoms with E-state index in [-0.39, 0.29) is 41.5 Å². The lowest BCUT2D eigenvalue weighted by Crippen LogP contribution is -2.31. The molecule has 1 amide bonds. The lowest BCUT2D eigenvalue weighted by Gasteiger charge is -2.22. The summed E-state index contributed by atoms with van der Waals surface area (Å²) in [6.07, 6.45) is -3.55. The number of nitrogens with zero attached hydrogens (tertiary/aromatic N) is 1. The fourth-order valence-electron chi connectivity index (χ4n) is 4.85. The van der Waals surface area contributed by atoms with Crippen LogP contribution in [0.15, 0.2) is 77.7 Å². The highest BCUT2D eigenvalue weighted by Gasteiger charge is 2.33. The minimum absolute atomic E-state index is 0.0154. The topological polar surface area (TPSA) is 86.7 Å². The number of hydrogen-bond acceptors (Lipinski definition) is 5. The van der Waals surface area contributed by atoms with E-state index in [1.165, 1.54) is 24.3 Å². The Bertz CT molecular complexity index is 1370. The van der Waals surface area contributed by atoms with Gasteiger partial charge < -0.3 is 10.4 Å². The van der Waals surface area contributed by atoms with Crippen LogP contribution in [0.3, 0.4) is 0 Å². The number of aliphatic hydroxyl groups is 1. The molecule has 3 aromatic rings. The Morgan fingerprint density at radius 2 is 1.59 bits per heavy atom. The van der Waals surface area contributed by atoms with Crippen molar-refractivity contribution in [2.24, 2.45) is 0 Å². The van der Waals surface area contributed by atoms with Crippen molar-refractivity contribution < 1.29 is 31.5 Å². The highest BCUT2D eigenvalue weighted by atomic mass is 32.2. The maximum absolute atomic E-state index is 12.9. The summed E-state index contributed by atoms with van der Waals surface area (Å²) in [5.41, 5.74) is 2.45. The van der Waals surface area contributed by atoms with Gasteiger partial charge in [0.05, 0.1) is 29.2 Å². The molecule has 208 valence electrons. The standard InChI is InChI=1S/C29H31F3N2O4S/c1-2-39(37,38)27-13-5-20(6-14-27)15-28(36)33-25-11-7-22(8-12-25)23-16-26(19-35)34(18-23)17-21-3-9-24(10-4-21)29(30,31)32/h3-14,23,26,35H,2,15-19H2,1H3,(H,33,36). The highest BCUT2D eigenvalue weighted by Crippen LogP contribution is 2.34. The zero-order valence-corrected chi connectivity index (χ0v) is 22.3. The lowest BCUT2D eigenvalue weighted by molar-refractivity contribution is -0.137. The fourth-order valence-corrected chi connectivity index (χ4v) is 5.74. The van der Waals surface area contributed by atoms with Gasteiger partial charge in [0, 0.05) is 24.8 Å². The minimum atomic E-state index is -4.37. The first kappa shape index (κ1) is 28.8. The molecule has 4 rings (SSSR count). The Morgan fingerprint density at radius 3 is 2.15 bits per heavy atom. The number of amides is 1. The number of alkyl halides is 3. The van der Waals surface area contributed by atoms with Gasteiger partial charge in [-0.3, -0.25) is 9.69 Å². The number of carbonyl (C=O) groups excluding carboxylic acids is 1. The quantitative estimate of drug-likeness (QED) is 0.384. The third-order valence-corrected chi connectivity index (χ3v) is 8.85. The second kappa shape index (κ2) is 11.9. The van der Waals surface area contributed by atoms with Crippen LogP contribution in [-0.4, -0.2) is 49.3 Å². The van der Waals surface area contributed by atoms with Gasteiger partial charge in [0.15, 0.2) is 9.84 Å². The van der Waals surface area contributed by atoms with Crippen molar-refractivity contribution >= 4 is 21.4 Å². The van der Waals surface area contributed by atoms with Gasteiger partial charge in [-0.05, 0) is 65.4 Å². The molecule has 1 heterocycles. The second-order valence-electron chi connectivity index (χ2n) is 9.79. The molecule has 1 fully saturated rings. The Balaban J connectivity index is 1.33. The summed E-state index contributed by atoms with van der Waals surface area (Å²) in [5.74, 6) is -0.0707. The van der Waals surface area contributed by atoms with E-state index in [4.69, 9.17) is 0 Å². The smallest absolute Gasteiger partial charge is 0.395 e. The number of likely N-dealkylation sites (tertiary alicyclic amines) is 1. The van der Waals surface area contributed by atoms with Crippen LogP contribution in [0.5, 0.6) is 0 Å². The molecule has 39 heavy (non-hydrogen) atoms. The number of hydrogen-bond donors (Lipinski definition) is 2. The molecule has 10 heteroatoms. The largest absolute Gasteiger partial charge is 0.416 e. The molecule has 0 aliphatic carbocycles. The van der Waals surface area contributed by atoms with Crippen LogP contribution in [0.1, 0.15) is 41.5 Å².